The number of amides is 1. The van der Waals surface area contributed by atoms with E-state index in [0.717, 1.165) is 0 Å². The van der Waals surface area contributed by atoms with Gasteiger partial charge in [-0.1, -0.05) is 66.7 Å². The number of halogens is 2. The van der Waals surface area contributed by atoms with Gasteiger partial charge in [-0.05, 0) is 88.2 Å². The molecule has 0 saturated heterocycles. The molecule has 4 aromatic carbocycles. The summed E-state index contributed by atoms with van der Waals surface area (Å²) >= 11 is 2.33. The zero-order chi connectivity index (χ0) is 24.1. The summed E-state index contributed by atoms with van der Waals surface area (Å²) in [4.78, 5) is 14.6. The van der Waals surface area contributed by atoms with Crippen molar-refractivity contribution in [3.63, 3.8) is 0 Å². The lowest BCUT2D eigenvalue weighted by atomic mass is 9.75. The van der Waals surface area contributed by atoms with Crippen LogP contribution >= 0.6 is 22.6 Å². The first kappa shape index (κ1) is 24.1. The summed E-state index contributed by atoms with van der Waals surface area (Å²) in [6, 6.07) is 33.6. The maximum Gasteiger partial charge on any atom is 0.223 e. The molecule has 172 valence electrons. The van der Waals surface area contributed by atoms with Gasteiger partial charge in [0.25, 0.3) is 0 Å². The first-order valence-electron chi connectivity index (χ1n) is 11.3. The van der Waals surface area contributed by atoms with Crippen molar-refractivity contribution in [2.75, 3.05) is 11.4 Å². The third-order valence-electron chi connectivity index (χ3n) is 6.25. The van der Waals surface area contributed by atoms with Gasteiger partial charge in [0, 0.05) is 34.6 Å². The molecular formula is C30H27FINO. The summed E-state index contributed by atoms with van der Waals surface area (Å²) in [7, 11) is 0. The molecule has 1 unspecified atom stereocenters. The summed E-state index contributed by atoms with van der Waals surface area (Å²) in [5.41, 5.74) is 5.48. The molecule has 0 aliphatic heterocycles. The fourth-order valence-corrected chi connectivity index (χ4v) is 5.30. The molecule has 0 aromatic heterocycles. The largest absolute Gasteiger partial charge is 0.312 e. The van der Waals surface area contributed by atoms with Gasteiger partial charge >= 0.3 is 0 Å². The van der Waals surface area contributed by atoms with Crippen LogP contribution in [0.1, 0.15) is 41.0 Å². The zero-order valence-corrected chi connectivity index (χ0v) is 21.4. The lowest BCUT2D eigenvalue weighted by Crippen LogP contribution is -2.35. The van der Waals surface area contributed by atoms with Crippen molar-refractivity contribution in [3.8, 4) is 0 Å². The van der Waals surface area contributed by atoms with Crippen LogP contribution in [-0.2, 0) is 4.79 Å². The quantitative estimate of drug-likeness (QED) is 0.211. The molecule has 2 nitrogen and oxygen atoms in total. The number of rotatable bonds is 7. The van der Waals surface area contributed by atoms with Crippen molar-refractivity contribution < 1.29 is 9.18 Å². The number of hydrogen-bond donors (Lipinski definition) is 0. The summed E-state index contributed by atoms with van der Waals surface area (Å²) < 4.78 is 14.8. The number of hydrogen-bond acceptors (Lipinski definition) is 1. The third-order valence-corrected chi connectivity index (χ3v) is 6.92. The second-order valence-electron chi connectivity index (χ2n) is 8.51. The van der Waals surface area contributed by atoms with Crippen LogP contribution in [0.3, 0.4) is 0 Å². The highest BCUT2D eigenvalue weighted by Crippen LogP contribution is 2.41. The Balaban J connectivity index is 1.89. The molecule has 0 bridgehead atoms. The van der Waals surface area contributed by atoms with Crippen LogP contribution in [0.2, 0.25) is 0 Å². The minimum atomic E-state index is -0.316. The summed E-state index contributed by atoms with van der Waals surface area (Å²) in [5.74, 6) is -0.373. The first-order valence-corrected chi connectivity index (χ1v) is 12.4. The molecule has 1 amide bonds. The Morgan fingerprint density at radius 2 is 1.41 bits per heavy atom. The monoisotopic (exact) mass is 563 g/mol. The maximum absolute atomic E-state index is 13.6. The second kappa shape index (κ2) is 11.0. The Hall–Kier alpha value is -2.99. The number of aryl methyl sites for hydroxylation is 1. The van der Waals surface area contributed by atoms with Crippen LogP contribution in [0.15, 0.2) is 103 Å². The molecule has 34 heavy (non-hydrogen) atoms. The Labute approximate surface area is 214 Å². The third kappa shape index (κ3) is 5.55. The van der Waals surface area contributed by atoms with Gasteiger partial charge in [0.2, 0.25) is 5.91 Å². The normalized spacial score (nSPS) is 11.9. The van der Waals surface area contributed by atoms with E-state index in [1.54, 1.807) is 24.0 Å². The number of benzene rings is 4. The molecule has 0 radical (unpaired) electrons. The molecule has 0 saturated carbocycles. The fraction of sp³-hybridized carbons (Fsp3) is 0.167. The molecule has 0 heterocycles. The molecule has 0 N–H and O–H groups in total. The van der Waals surface area contributed by atoms with Crippen molar-refractivity contribution in [2.24, 2.45) is 0 Å². The fourth-order valence-electron chi connectivity index (χ4n) is 4.65. The molecule has 4 heteroatoms. The van der Waals surface area contributed by atoms with Gasteiger partial charge in [0.15, 0.2) is 0 Å². The van der Waals surface area contributed by atoms with E-state index in [2.05, 4.69) is 96.2 Å². The molecule has 4 rings (SSSR count). The van der Waals surface area contributed by atoms with Crippen molar-refractivity contribution in [1.82, 2.24) is 0 Å². The lowest BCUT2D eigenvalue weighted by Gasteiger charge is -2.34. The summed E-state index contributed by atoms with van der Waals surface area (Å²) in [6.07, 6.45) is 0. The van der Waals surface area contributed by atoms with Crippen LogP contribution in [0.5, 0.6) is 0 Å². The van der Waals surface area contributed by atoms with Gasteiger partial charge in [-0.3, -0.25) is 4.79 Å². The van der Waals surface area contributed by atoms with E-state index in [1.165, 1.54) is 38.0 Å². The van der Waals surface area contributed by atoms with E-state index < -0.39 is 0 Å². The number of nitrogens with zero attached hydrogens (tertiary/aromatic N) is 1. The Bertz CT molecular complexity index is 1200. The predicted octanol–water partition coefficient (Wildman–Crippen LogP) is 7.71. The Morgan fingerprint density at radius 1 is 0.853 bits per heavy atom. The van der Waals surface area contributed by atoms with Gasteiger partial charge in [-0.15, -0.1) is 0 Å². The highest BCUT2D eigenvalue weighted by atomic mass is 127. The smallest absolute Gasteiger partial charge is 0.223 e. The van der Waals surface area contributed by atoms with Crippen molar-refractivity contribution in [1.29, 1.82) is 0 Å². The van der Waals surface area contributed by atoms with Gasteiger partial charge in [0.1, 0.15) is 5.82 Å². The lowest BCUT2D eigenvalue weighted by molar-refractivity contribution is -0.116. The van der Waals surface area contributed by atoms with E-state index >= 15 is 0 Å². The topological polar surface area (TPSA) is 20.3 Å². The van der Waals surface area contributed by atoms with Crippen LogP contribution < -0.4 is 4.90 Å². The van der Waals surface area contributed by atoms with Crippen LogP contribution in [0, 0.1) is 16.3 Å². The number of carbonyl (C=O) groups is 1. The van der Waals surface area contributed by atoms with Gasteiger partial charge in [0.05, 0.1) is 0 Å². The highest BCUT2D eigenvalue weighted by molar-refractivity contribution is 14.1. The van der Waals surface area contributed by atoms with E-state index in [1.807, 2.05) is 12.1 Å². The van der Waals surface area contributed by atoms with E-state index in [9.17, 15) is 9.18 Å². The minimum absolute atomic E-state index is 0.0178. The van der Waals surface area contributed by atoms with Crippen molar-refractivity contribution in [2.45, 2.75) is 25.7 Å². The molecule has 0 spiro atoms. The van der Waals surface area contributed by atoms with E-state index in [4.69, 9.17) is 0 Å². The molecule has 0 fully saturated rings. The van der Waals surface area contributed by atoms with E-state index in [-0.39, 0.29) is 23.6 Å². The van der Waals surface area contributed by atoms with Gasteiger partial charge in [-0.2, -0.15) is 0 Å². The molecular weight excluding hydrogens is 536 g/mol. The van der Waals surface area contributed by atoms with Crippen LogP contribution in [0.4, 0.5) is 10.1 Å². The Morgan fingerprint density at radius 3 is 1.91 bits per heavy atom. The number of carbonyl (C=O) groups excluding carboxylic acids is 1. The number of anilines is 1. The second-order valence-corrected chi connectivity index (χ2v) is 9.76. The van der Waals surface area contributed by atoms with Crippen LogP contribution in [0.25, 0.3) is 0 Å². The molecule has 1 atom stereocenters. The molecule has 0 aliphatic carbocycles. The SMILES string of the molecule is CC(=O)N(CC(c1ccc(I)cc1C)C(c1ccccc1)c1ccccc1)c1ccc(F)cc1. The van der Waals surface area contributed by atoms with E-state index in [0.29, 0.717) is 12.2 Å². The Kier molecular flexibility index (Phi) is 7.78. The average molecular weight is 563 g/mol. The highest BCUT2D eigenvalue weighted by Gasteiger charge is 2.31. The maximum atomic E-state index is 13.6. The van der Waals surface area contributed by atoms with Crippen molar-refractivity contribution in [3.05, 3.63) is 135 Å². The predicted molar refractivity (Wildman–Crippen MR) is 146 cm³/mol. The van der Waals surface area contributed by atoms with Gasteiger partial charge < -0.3 is 4.90 Å². The minimum Gasteiger partial charge on any atom is -0.312 e. The zero-order valence-electron chi connectivity index (χ0n) is 19.3. The van der Waals surface area contributed by atoms with Crippen molar-refractivity contribution >= 4 is 34.2 Å². The van der Waals surface area contributed by atoms with Crippen LogP contribution in [-0.4, -0.2) is 12.5 Å². The van der Waals surface area contributed by atoms with Gasteiger partial charge in [-0.25, -0.2) is 4.39 Å². The standard InChI is InChI=1S/C30H27FINO/c1-21-19-26(32)15-18-28(21)29(20-33(22(2)34)27-16-13-25(31)14-17-27)30(23-9-5-3-6-10-23)24-11-7-4-8-12-24/h3-19,29-30H,20H2,1-2H3. The summed E-state index contributed by atoms with van der Waals surface area (Å²) in [5, 5.41) is 0. The molecule has 0 aliphatic rings. The summed E-state index contributed by atoms with van der Waals surface area (Å²) in [6.45, 7) is 4.17. The molecule has 4 aromatic rings. The first-order chi connectivity index (χ1) is 16.4. The average Bonchev–Trinajstić information content (AvgIpc) is 2.84.